The highest BCUT2D eigenvalue weighted by Gasteiger charge is 2.55. The van der Waals surface area contributed by atoms with Gasteiger partial charge in [0.1, 0.15) is 6.07 Å². The van der Waals surface area contributed by atoms with Crippen molar-refractivity contribution in [3.05, 3.63) is 57.8 Å². The number of rotatable bonds is 1. The first-order valence-corrected chi connectivity index (χ1v) is 9.76. The first-order chi connectivity index (χ1) is 13.2. The fourth-order valence-corrected chi connectivity index (χ4v) is 4.92. The lowest BCUT2D eigenvalue weighted by Gasteiger charge is -2.47. The molecule has 5 heteroatoms. The van der Waals surface area contributed by atoms with Gasteiger partial charge in [-0.25, -0.2) is 0 Å². The summed E-state index contributed by atoms with van der Waals surface area (Å²) in [6, 6.07) is 13.8. The van der Waals surface area contributed by atoms with E-state index in [4.69, 9.17) is 17.3 Å². The Morgan fingerprint density at radius 3 is 2.32 bits per heavy atom. The summed E-state index contributed by atoms with van der Waals surface area (Å²) in [5, 5.41) is 30.5. The first-order valence-electron chi connectivity index (χ1n) is 9.39. The highest BCUT2D eigenvalue weighted by Crippen LogP contribution is 2.58. The van der Waals surface area contributed by atoms with Gasteiger partial charge in [0.25, 0.3) is 0 Å². The topological polar surface area (TPSA) is 97.4 Å². The van der Waals surface area contributed by atoms with E-state index in [2.05, 4.69) is 45.1 Å². The fraction of sp³-hybridized carbons (Fsp3) is 0.435. The zero-order valence-electron chi connectivity index (χ0n) is 16.3. The summed E-state index contributed by atoms with van der Waals surface area (Å²) in [6.45, 7) is 6.59. The van der Waals surface area contributed by atoms with Crippen molar-refractivity contribution >= 4 is 11.6 Å². The number of fused-ring (bicyclic) bond motifs is 1. The largest absolute Gasteiger partial charge is 0.399 e. The Bertz CT molecular complexity index is 977. The lowest BCUT2D eigenvalue weighted by atomic mass is 9.54. The number of hydrogen-bond donors (Lipinski definition) is 1. The van der Waals surface area contributed by atoms with E-state index in [-0.39, 0.29) is 22.6 Å². The Balaban J connectivity index is 2.33. The number of allylic oxidation sites excluding steroid dienone is 4. The molecule has 0 saturated carbocycles. The first kappa shape index (κ1) is 20.0. The lowest BCUT2D eigenvalue weighted by Crippen LogP contribution is -2.44. The molecule has 0 bridgehead atoms. The number of nitrogens with zero attached hydrogens (tertiary/aromatic N) is 3. The minimum absolute atomic E-state index is 0.0432. The Labute approximate surface area is 171 Å². The molecule has 2 aliphatic rings. The summed E-state index contributed by atoms with van der Waals surface area (Å²) in [7, 11) is 0. The molecule has 0 heterocycles. The Hall–Kier alpha value is -2.74. The van der Waals surface area contributed by atoms with E-state index >= 15 is 0 Å². The second-order valence-corrected chi connectivity index (χ2v) is 9.14. The normalized spacial score (nSPS) is 26.3. The highest BCUT2D eigenvalue weighted by atomic mass is 35.5. The van der Waals surface area contributed by atoms with Crippen LogP contribution in [0.5, 0.6) is 0 Å². The lowest BCUT2D eigenvalue weighted by molar-refractivity contribution is 0.170. The van der Waals surface area contributed by atoms with Gasteiger partial charge in [-0.2, -0.15) is 15.8 Å². The standard InChI is InChI=1S/C23H23ClN4/c1-22(2,3)14-8-9-15-17(10-14)20(16-6-4-5-7-19(16)24)23(12-26,13-27)21(28)18(15)11-25/h4-7,9,14,17,20H,8,10,28H2,1-3H3. The van der Waals surface area contributed by atoms with Crippen molar-refractivity contribution in [2.75, 3.05) is 0 Å². The van der Waals surface area contributed by atoms with Gasteiger partial charge in [0.15, 0.2) is 5.41 Å². The Morgan fingerprint density at radius 1 is 1.14 bits per heavy atom. The van der Waals surface area contributed by atoms with Gasteiger partial charge in [-0.3, -0.25) is 0 Å². The van der Waals surface area contributed by atoms with Crippen LogP contribution in [0, 0.1) is 56.7 Å². The van der Waals surface area contributed by atoms with Crippen LogP contribution in [0.15, 0.2) is 47.2 Å². The average molecular weight is 391 g/mol. The number of nitrogens with two attached hydrogens (primary N) is 1. The van der Waals surface area contributed by atoms with Crippen LogP contribution in [0.1, 0.15) is 45.1 Å². The van der Waals surface area contributed by atoms with Crippen molar-refractivity contribution in [1.82, 2.24) is 0 Å². The van der Waals surface area contributed by atoms with Crippen LogP contribution in [0.4, 0.5) is 0 Å². The second-order valence-electron chi connectivity index (χ2n) is 8.73. The molecule has 0 aromatic heterocycles. The van der Waals surface area contributed by atoms with Gasteiger partial charge in [-0.05, 0) is 47.3 Å². The van der Waals surface area contributed by atoms with Crippen LogP contribution in [0.3, 0.4) is 0 Å². The molecule has 0 radical (unpaired) electrons. The predicted molar refractivity (Wildman–Crippen MR) is 108 cm³/mol. The van der Waals surface area contributed by atoms with Crippen LogP contribution in [-0.4, -0.2) is 0 Å². The molecule has 0 amide bonds. The van der Waals surface area contributed by atoms with Gasteiger partial charge in [0, 0.05) is 10.9 Å². The van der Waals surface area contributed by atoms with Crippen molar-refractivity contribution in [3.63, 3.8) is 0 Å². The molecule has 4 nitrogen and oxygen atoms in total. The van der Waals surface area contributed by atoms with Crippen LogP contribution in [0.25, 0.3) is 0 Å². The number of nitriles is 3. The van der Waals surface area contributed by atoms with E-state index in [0.29, 0.717) is 10.9 Å². The third-order valence-corrected chi connectivity index (χ3v) is 6.69. The van der Waals surface area contributed by atoms with Crippen molar-refractivity contribution in [3.8, 4) is 18.2 Å². The molecule has 0 saturated heterocycles. The molecule has 3 atom stereocenters. The summed E-state index contributed by atoms with van der Waals surface area (Å²) in [6.07, 6.45) is 3.70. The maximum absolute atomic E-state index is 10.1. The van der Waals surface area contributed by atoms with Crippen molar-refractivity contribution in [2.45, 2.75) is 39.5 Å². The zero-order valence-corrected chi connectivity index (χ0v) is 17.1. The second kappa shape index (κ2) is 7.01. The van der Waals surface area contributed by atoms with E-state index in [1.807, 2.05) is 18.2 Å². The maximum Gasteiger partial charge on any atom is 0.191 e. The molecule has 1 aromatic carbocycles. The van der Waals surface area contributed by atoms with Crippen molar-refractivity contribution < 1.29 is 0 Å². The quantitative estimate of drug-likeness (QED) is 0.711. The van der Waals surface area contributed by atoms with E-state index in [1.165, 1.54) is 0 Å². The summed E-state index contributed by atoms with van der Waals surface area (Å²) in [4.78, 5) is 0. The van der Waals surface area contributed by atoms with Crippen LogP contribution in [-0.2, 0) is 0 Å². The molecule has 2 N–H and O–H groups in total. The highest BCUT2D eigenvalue weighted by molar-refractivity contribution is 6.31. The van der Waals surface area contributed by atoms with Gasteiger partial charge in [0.05, 0.1) is 23.4 Å². The van der Waals surface area contributed by atoms with Gasteiger partial charge >= 0.3 is 0 Å². The molecule has 3 rings (SSSR count). The SMILES string of the molecule is CC(C)(C)C1CC=C2C(C#N)=C(N)C(C#N)(C#N)C(c3ccccc3Cl)C2C1. The smallest absolute Gasteiger partial charge is 0.191 e. The molecule has 0 spiro atoms. The molecule has 0 fully saturated rings. The number of benzene rings is 1. The molecule has 142 valence electrons. The summed E-state index contributed by atoms with van der Waals surface area (Å²) < 4.78 is 0. The number of hydrogen-bond acceptors (Lipinski definition) is 4. The Morgan fingerprint density at radius 2 is 1.79 bits per heavy atom. The molecular weight excluding hydrogens is 368 g/mol. The van der Waals surface area contributed by atoms with E-state index in [9.17, 15) is 15.8 Å². The van der Waals surface area contributed by atoms with Crippen LogP contribution in [0.2, 0.25) is 5.02 Å². The van der Waals surface area contributed by atoms with Gasteiger partial charge in [0.2, 0.25) is 0 Å². The minimum Gasteiger partial charge on any atom is -0.399 e. The predicted octanol–water partition coefficient (Wildman–Crippen LogP) is 5.21. The average Bonchev–Trinajstić information content (AvgIpc) is 2.67. The fourth-order valence-electron chi connectivity index (χ4n) is 4.67. The number of halogens is 1. The molecule has 3 unspecified atom stereocenters. The van der Waals surface area contributed by atoms with Crippen molar-refractivity contribution in [1.29, 1.82) is 15.8 Å². The van der Waals surface area contributed by atoms with Gasteiger partial charge in [-0.15, -0.1) is 0 Å². The van der Waals surface area contributed by atoms with Crippen LogP contribution < -0.4 is 5.73 Å². The molecule has 1 aromatic rings. The summed E-state index contributed by atoms with van der Waals surface area (Å²) in [5.41, 5.74) is 6.67. The summed E-state index contributed by atoms with van der Waals surface area (Å²) in [5.74, 6) is -0.329. The Kier molecular flexibility index (Phi) is 5.01. The summed E-state index contributed by atoms with van der Waals surface area (Å²) >= 11 is 6.51. The van der Waals surface area contributed by atoms with E-state index in [0.717, 1.165) is 24.0 Å². The van der Waals surface area contributed by atoms with E-state index < -0.39 is 11.3 Å². The molecular formula is C23H23ClN4. The third-order valence-electron chi connectivity index (χ3n) is 6.34. The molecule has 28 heavy (non-hydrogen) atoms. The molecule has 0 aliphatic heterocycles. The zero-order chi connectivity index (χ0) is 20.7. The van der Waals surface area contributed by atoms with Crippen LogP contribution >= 0.6 is 11.6 Å². The maximum atomic E-state index is 10.1. The monoisotopic (exact) mass is 390 g/mol. The molecule has 2 aliphatic carbocycles. The third kappa shape index (κ3) is 2.88. The minimum atomic E-state index is -1.63. The van der Waals surface area contributed by atoms with Gasteiger partial charge in [-0.1, -0.05) is 56.6 Å². The van der Waals surface area contributed by atoms with Gasteiger partial charge < -0.3 is 5.73 Å². The van der Waals surface area contributed by atoms with Crippen molar-refractivity contribution in [2.24, 2.45) is 28.4 Å². The van der Waals surface area contributed by atoms with E-state index in [1.54, 1.807) is 6.07 Å².